The van der Waals surface area contributed by atoms with Gasteiger partial charge in [-0.25, -0.2) is 9.88 Å². The first-order chi connectivity index (χ1) is 15.0. The molecule has 0 bridgehead atoms. The average Bonchev–Trinajstić information content (AvgIpc) is 3.30. The van der Waals surface area contributed by atoms with Gasteiger partial charge in [0.1, 0.15) is 0 Å². The number of aromatic amines is 1. The molecule has 0 aliphatic carbocycles. The molecule has 0 radical (unpaired) electrons. The number of hydrogen-bond acceptors (Lipinski definition) is 4. The lowest BCUT2D eigenvalue weighted by Crippen LogP contribution is -2.30. The summed E-state index contributed by atoms with van der Waals surface area (Å²) in [6.07, 6.45) is 0. The number of nitrogens with one attached hydrogen (secondary N) is 1. The molecule has 154 valence electrons. The Morgan fingerprint density at radius 2 is 1.55 bits per heavy atom. The van der Waals surface area contributed by atoms with E-state index in [1.54, 1.807) is 36.0 Å². The summed E-state index contributed by atoms with van der Waals surface area (Å²) in [5.74, 6) is 0.0617. The van der Waals surface area contributed by atoms with Gasteiger partial charge in [0.05, 0.1) is 27.8 Å². The molecule has 1 aromatic heterocycles. The number of rotatable bonds is 4. The number of aromatic nitrogens is 2. The van der Waals surface area contributed by atoms with E-state index in [9.17, 15) is 9.59 Å². The predicted octanol–water partition coefficient (Wildman–Crippen LogP) is 5.58. The number of imide groups is 1. The van der Waals surface area contributed by atoms with Gasteiger partial charge in [-0.15, -0.1) is 0 Å². The molecule has 1 N–H and O–H groups in total. The predicted molar refractivity (Wildman–Crippen MR) is 124 cm³/mol. The topological polar surface area (TPSA) is 66.1 Å². The minimum atomic E-state index is -0.266. The first-order valence-corrected chi connectivity index (χ1v) is 11.1. The maximum Gasteiger partial charge on any atom is 0.266 e. The largest absolute Gasteiger partial charge is 0.333 e. The zero-order valence-electron chi connectivity index (χ0n) is 17.5. The van der Waals surface area contributed by atoms with E-state index in [1.165, 1.54) is 10.5 Å². The van der Waals surface area contributed by atoms with Gasteiger partial charge >= 0.3 is 0 Å². The molecular weight excluding hydrogens is 406 g/mol. The van der Waals surface area contributed by atoms with Crippen LogP contribution in [-0.2, 0) is 5.75 Å². The Balaban J connectivity index is 1.55. The first-order valence-electron chi connectivity index (χ1n) is 10.1. The standard InChI is InChI=1S/C25H21N3O2S/c1-14-12-22(28-23(29)17-8-4-5-9-18(17)24(28)30)19(16(3)15(14)2)13-31-25-26-20-10-6-7-11-21(20)27-25/h4-12H,13H2,1-3H3,(H,26,27). The first kappa shape index (κ1) is 19.6. The van der Waals surface area contributed by atoms with Gasteiger partial charge in [-0.3, -0.25) is 9.59 Å². The summed E-state index contributed by atoms with van der Waals surface area (Å²) in [6, 6.07) is 16.9. The van der Waals surface area contributed by atoms with Crippen molar-refractivity contribution in [1.29, 1.82) is 0 Å². The molecule has 0 unspecified atom stereocenters. The number of imidazole rings is 1. The van der Waals surface area contributed by atoms with Crippen molar-refractivity contribution >= 4 is 40.3 Å². The molecule has 0 spiro atoms. The fraction of sp³-hybridized carbons (Fsp3) is 0.160. The molecule has 0 saturated heterocycles. The zero-order chi connectivity index (χ0) is 21.7. The molecule has 1 aliphatic heterocycles. The van der Waals surface area contributed by atoms with Crippen molar-refractivity contribution in [3.8, 4) is 0 Å². The molecule has 6 heteroatoms. The van der Waals surface area contributed by atoms with Crippen LogP contribution in [-0.4, -0.2) is 21.8 Å². The van der Waals surface area contributed by atoms with Gasteiger partial charge in [0.15, 0.2) is 5.16 Å². The second-order valence-corrected chi connectivity index (χ2v) is 8.74. The van der Waals surface area contributed by atoms with Crippen LogP contribution in [0.15, 0.2) is 59.8 Å². The number of thioether (sulfide) groups is 1. The van der Waals surface area contributed by atoms with E-state index in [0.717, 1.165) is 32.9 Å². The maximum atomic E-state index is 13.1. The number of aryl methyl sites for hydroxylation is 1. The third kappa shape index (κ3) is 3.15. The lowest BCUT2D eigenvalue weighted by molar-refractivity contribution is 0.0926. The van der Waals surface area contributed by atoms with Crippen molar-refractivity contribution in [2.45, 2.75) is 31.7 Å². The van der Waals surface area contributed by atoms with Crippen molar-refractivity contribution in [3.05, 3.63) is 88.0 Å². The second kappa shape index (κ2) is 7.39. The third-order valence-electron chi connectivity index (χ3n) is 6.02. The minimum Gasteiger partial charge on any atom is -0.333 e. The summed E-state index contributed by atoms with van der Waals surface area (Å²) in [5.41, 5.74) is 7.78. The smallest absolute Gasteiger partial charge is 0.266 e. The normalized spacial score (nSPS) is 13.3. The fourth-order valence-electron chi connectivity index (χ4n) is 4.04. The Morgan fingerprint density at radius 1 is 0.903 bits per heavy atom. The Labute approximate surface area is 184 Å². The van der Waals surface area contributed by atoms with Crippen LogP contribution in [0.3, 0.4) is 0 Å². The molecule has 1 aliphatic rings. The molecule has 4 aromatic rings. The van der Waals surface area contributed by atoms with Gasteiger partial charge in [-0.2, -0.15) is 0 Å². The van der Waals surface area contributed by atoms with Crippen LogP contribution in [0.5, 0.6) is 0 Å². The highest BCUT2D eigenvalue weighted by molar-refractivity contribution is 7.98. The summed E-state index contributed by atoms with van der Waals surface area (Å²) in [4.78, 5) is 35.6. The Morgan fingerprint density at radius 3 is 2.23 bits per heavy atom. The quantitative estimate of drug-likeness (QED) is 0.341. The minimum absolute atomic E-state index is 0.266. The van der Waals surface area contributed by atoms with Crippen molar-refractivity contribution in [3.63, 3.8) is 0 Å². The van der Waals surface area contributed by atoms with E-state index < -0.39 is 0 Å². The number of para-hydroxylation sites is 2. The van der Waals surface area contributed by atoms with Crippen LogP contribution in [0.2, 0.25) is 0 Å². The van der Waals surface area contributed by atoms with Gasteiger partial charge in [0.2, 0.25) is 0 Å². The number of carbonyl (C=O) groups excluding carboxylic acids is 2. The number of hydrogen-bond donors (Lipinski definition) is 1. The monoisotopic (exact) mass is 427 g/mol. The molecule has 0 atom stereocenters. The summed E-state index contributed by atoms with van der Waals surface area (Å²) < 4.78 is 0. The van der Waals surface area contributed by atoms with Crippen LogP contribution in [0, 0.1) is 20.8 Å². The van der Waals surface area contributed by atoms with E-state index in [1.807, 2.05) is 37.3 Å². The van der Waals surface area contributed by atoms with Crippen molar-refractivity contribution < 1.29 is 9.59 Å². The number of amides is 2. The second-order valence-electron chi connectivity index (χ2n) is 7.78. The van der Waals surface area contributed by atoms with Gasteiger partial charge < -0.3 is 4.98 Å². The van der Waals surface area contributed by atoms with Gasteiger partial charge in [-0.05, 0) is 73.4 Å². The molecule has 31 heavy (non-hydrogen) atoms. The fourth-order valence-corrected chi connectivity index (χ4v) is 5.03. The number of benzene rings is 3. The molecule has 5 nitrogen and oxygen atoms in total. The van der Waals surface area contributed by atoms with Crippen LogP contribution >= 0.6 is 11.8 Å². The summed E-state index contributed by atoms with van der Waals surface area (Å²) in [6.45, 7) is 6.14. The van der Waals surface area contributed by atoms with E-state index in [2.05, 4.69) is 23.8 Å². The zero-order valence-corrected chi connectivity index (χ0v) is 18.3. The molecule has 2 amide bonds. The van der Waals surface area contributed by atoms with Crippen LogP contribution in [0.4, 0.5) is 5.69 Å². The Bertz CT molecular complexity index is 1300. The SMILES string of the molecule is Cc1cc(N2C(=O)c3ccccc3C2=O)c(CSc2nc3ccccc3[nH]2)c(C)c1C. The molecule has 0 saturated carbocycles. The summed E-state index contributed by atoms with van der Waals surface area (Å²) >= 11 is 1.57. The lowest BCUT2D eigenvalue weighted by atomic mass is 9.97. The number of fused-ring (bicyclic) bond motifs is 2. The van der Waals surface area contributed by atoms with Gasteiger partial charge in [0.25, 0.3) is 11.8 Å². The summed E-state index contributed by atoms with van der Waals surface area (Å²) in [5, 5.41) is 0.812. The number of nitrogens with zero attached hydrogens (tertiary/aromatic N) is 2. The van der Waals surface area contributed by atoms with Crippen LogP contribution < -0.4 is 4.90 Å². The highest BCUT2D eigenvalue weighted by Gasteiger charge is 2.37. The van der Waals surface area contributed by atoms with Crippen LogP contribution in [0.1, 0.15) is 43.0 Å². The van der Waals surface area contributed by atoms with E-state index in [4.69, 9.17) is 0 Å². The van der Waals surface area contributed by atoms with E-state index in [-0.39, 0.29) is 11.8 Å². The molecule has 0 fully saturated rings. The van der Waals surface area contributed by atoms with E-state index in [0.29, 0.717) is 22.6 Å². The Hall–Kier alpha value is -3.38. The van der Waals surface area contributed by atoms with Crippen molar-refractivity contribution in [2.24, 2.45) is 0 Å². The Kier molecular flexibility index (Phi) is 4.67. The van der Waals surface area contributed by atoms with Gasteiger partial charge in [-0.1, -0.05) is 36.0 Å². The van der Waals surface area contributed by atoms with E-state index >= 15 is 0 Å². The molecule has 3 aromatic carbocycles. The molecule has 2 heterocycles. The highest BCUT2D eigenvalue weighted by Crippen LogP contribution is 2.37. The highest BCUT2D eigenvalue weighted by atomic mass is 32.2. The van der Waals surface area contributed by atoms with Gasteiger partial charge in [0, 0.05) is 5.75 Å². The average molecular weight is 428 g/mol. The number of carbonyl (C=O) groups is 2. The third-order valence-corrected chi connectivity index (χ3v) is 6.92. The van der Waals surface area contributed by atoms with Crippen molar-refractivity contribution in [1.82, 2.24) is 9.97 Å². The number of H-pyrrole nitrogens is 1. The maximum absolute atomic E-state index is 13.1. The number of anilines is 1. The molecule has 5 rings (SSSR count). The lowest BCUT2D eigenvalue weighted by Gasteiger charge is -2.22. The summed E-state index contributed by atoms with van der Waals surface area (Å²) in [7, 11) is 0. The van der Waals surface area contributed by atoms with Crippen molar-refractivity contribution in [2.75, 3.05) is 4.90 Å². The molecular formula is C25H21N3O2S. The van der Waals surface area contributed by atoms with Crippen LogP contribution in [0.25, 0.3) is 11.0 Å².